The Kier molecular flexibility index (Phi) is 3.71. The smallest absolute Gasteiger partial charge is 0.256 e. The number of carbonyl (C=O) groups excluding carboxylic acids is 1. The number of anilines is 1. The number of halogens is 2. The predicted octanol–water partition coefficient (Wildman–Crippen LogP) is 4.99. The van der Waals surface area contributed by atoms with Gasteiger partial charge >= 0.3 is 0 Å². The molecule has 21 heavy (non-hydrogen) atoms. The Morgan fingerprint density at radius 1 is 1.00 bits per heavy atom. The van der Waals surface area contributed by atoms with Gasteiger partial charge in [0, 0.05) is 15.5 Å². The molecule has 0 saturated heterocycles. The average Bonchev–Trinajstić information content (AvgIpc) is 2.50. The Hall–Kier alpha value is -2.20. The van der Waals surface area contributed by atoms with Crippen molar-refractivity contribution in [3.8, 4) is 0 Å². The summed E-state index contributed by atoms with van der Waals surface area (Å²) in [6, 6.07) is 17.5. The molecule has 1 N–H and O–H groups in total. The Morgan fingerprint density at radius 2 is 1.76 bits per heavy atom. The molecule has 0 saturated carbocycles. The van der Waals surface area contributed by atoms with E-state index in [1.165, 1.54) is 18.2 Å². The number of hydrogen-bond donors (Lipinski definition) is 1. The second-order valence-electron chi connectivity index (χ2n) is 4.61. The van der Waals surface area contributed by atoms with E-state index in [1.54, 1.807) is 0 Å². The first-order valence-corrected chi connectivity index (χ1v) is 7.18. The number of hydrogen-bond acceptors (Lipinski definition) is 1. The molecule has 0 aliphatic carbocycles. The number of amides is 1. The summed E-state index contributed by atoms with van der Waals surface area (Å²) in [6.07, 6.45) is 0. The molecule has 3 aromatic carbocycles. The Morgan fingerprint density at radius 3 is 2.62 bits per heavy atom. The lowest BCUT2D eigenvalue weighted by Gasteiger charge is -2.10. The highest BCUT2D eigenvalue weighted by Crippen LogP contribution is 2.25. The van der Waals surface area contributed by atoms with Crippen LogP contribution in [0, 0.1) is 5.82 Å². The number of rotatable bonds is 2. The highest BCUT2D eigenvalue weighted by molar-refractivity contribution is 9.10. The van der Waals surface area contributed by atoms with E-state index < -0.39 is 5.82 Å². The second kappa shape index (κ2) is 5.66. The van der Waals surface area contributed by atoms with Crippen LogP contribution in [0.3, 0.4) is 0 Å². The topological polar surface area (TPSA) is 29.1 Å². The Labute approximate surface area is 129 Å². The first kappa shape index (κ1) is 13.8. The van der Waals surface area contributed by atoms with E-state index in [0.29, 0.717) is 10.2 Å². The molecule has 1 amide bonds. The van der Waals surface area contributed by atoms with E-state index in [1.807, 2.05) is 42.5 Å². The SMILES string of the molecule is O=C(Nc1cccc2ccccc12)c1cc(F)ccc1Br. The maximum absolute atomic E-state index is 13.3. The third-order valence-electron chi connectivity index (χ3n) is 3.21. The van der Waals surface area contributed by atoms with Gasteiger partial charge < -0.3 is 5.32 Å². The predicted molar refractivity (Wildman–Crippen MR) is 86.0 cm³/mol. The van der Waals surface area contributed by atoms with Gasteiger partial charge in [-0.1, -0.05) is 36.4 Å². The van der Waals surface area contributed by atoms with E-state index in [-0.39, 0.29) is 11.5 Å². The Bertz CT molecular complexity index is 827. The van der Waals surface area contributed by atoms with Crippen LogP contribution in [0.4, 0.5) is 10.1 Å². The minimum Gasteiger partial charge on any atom is -0.321 e. The molecular weight excluding hydrogens is 333 g/mol. The van der Waals surface area contributed by atoms with Crippen molar-refractivity contribution in [2.24, 2.45) is 0 Å². The second-order valence-corrected chi connectivity index (χ2v) is 5.46. The molecule has 0 bridgehead atoms. The highest BCUT2D eigenvalue weighted by atomic mass is 79.9. The summed E-state index contributed by atoms with van der Waals surface area (Å²) in [5.41, 5.74) is 0.970. The molecular formula is C17H11BrFNO. The lowest BCUT2D eigenvalue weighted by molar-refractivity contribution is 0.102. The highest BCUT2D eigenvalue weighted by Gasteiger charge is 2.12. The Balaban J connectivity index is 1.99. The van der Waals surface area contributed by atoms with Gasteiger partial charge in [-0.15, -0.1) is 0 Å². The maximum atomic E-state index is 13.3. The molecule has 0 heterocycles. The molecule has 0 atom stereocenters. The standard InChI is InChI=1S/C17H11BrFNO/c18-15-9-8-12(19)10-14(15)17(21)20-16-7-3-5-11-4-1-2-6-13(11)16/h1-10H,(H,20,21). The summed E-state index contributed by atoms with van der Waals surface area (Å²) < 4.78 is 13.9. The van der Waals surface area contributed by atoms with Crippen molar-refractivity contribution in [3.63, 3.8) is 0 Å². The largest absolute Gasteiger partial charge is 0.321 e. The van der Waals surface area contributed by atoms with Crippen LogP contribution in [0.5, 0.6) is 0 Å². The molecule has 104 valence electrons. The number of carbonyl (C=O) groups is 1. The van der Waals surface area contributed by atoms with Gasteiger partial charge in [-0.2, -0.15) is 0 Å². The molecule has 0 aromatic heterocycles. The van der Waals surface area contributed by atoms with Gasteiger partial charge in [-0.25, -0.2) is 4.39 Å². The fraction of sp³-hybridized carbons (Fsp3) is 0. The molecule has 3 aromatic rings. The van der Waals surface area contributed by atoms with Crippen molar-refractivity contribution < 1.29 is 9.18 Å². The zero-order valence-corrected chi connectivity index (χ0v) is 12.5. The van der Waals surface area contributed by atoms with E-state index in [0.717, 1.165) is 10.8 Å². The summed E-state index contributed by atoms with van der Waals surface area (Å²) in [5, 5.41) is 4.81. The van der Waals surface area contributed by atoms with Crippen LogP contribution >= 0.6 is 15.9 Å². The molecule has 4 heteroatoms. The summed E-state index contributed by atoms with van der Waals surface area (Å²) in [6.45, 7) is 0. The van der Waals surface area contributed by atoms with Crippen molar-refractivity contribution in [2.75, 3.05) is 5.32 Å². The minimum absolute atomic E-state index is 0.267. The van der Waals surface area contributed by atoms with E-state index in [2.05, 4.69) is 21.2 Å². The lowest BCUT2D eigenvalue weighted by Crippen LogP contribution is -2.13. The average molecular weight is 344 g/mol. The molecule has 0 aliphatic rings. The van der Waals surface area contributed by atoms with Crippen molar-refractivity contribution in [3.05, 3.63) is 76.5 Å². The monoisotopic (exact) mass is 343 g/mol. The minimum atomic E-state index is -0.443. The normalized spacial score (nSPS) is 10.6. The van der Waals surface area contributed by atoms with Crippen LogP contribution in [0.2, 0.25) is 0 Å². The third-order valence-corrected chi connectivity index (χ3v) is 3.90. The van der Waals surface area contributed by atoms with Gasteiger partial charge in [0.25, 0.3) is 5.91 Å². The quantitative estimate of drug-likeness (QED) is 0.697. The van der Waals surface area contributed by atoms with Crippen molar-refractivity contribution >= 4 is 38.3 Å². The molecule has 2 nitrogen and oxygen atoms in total. The van der Waals surface area contributed by atoms with Crippen LogP contribution in [0.15, 0.2) is 65.1 Å². The van der Waals surface area contributed by atoms with Gasteiger partial charge in [0.2, 0.25) is 0 Å². The fourth-order valence-corrected chi connectivity index (χ4v) is 2.62. The van der Waals surface area contributed by atoms with Crippen LogP contribution in [0.1, 0.15) is 10.4 Å². The molecule has 0 radical (unpaired) electrons. The summed E-state index contributed by atoms with van der Waals surface area (Å²) in [5.74, 6) is -0.793. The maximum Gasteiger partial charge on any atom is 0.256 e. The zero-order valence-electron chi connectivity index (χ0n) is 10.9. The van der Waals surface area contributed by atoms with E-state index in [4.69, 9.17) is 0 Å². The first-order chi connectivity index (χ1) is 10.1. The molecule has 3 rings (SSSR count). The molecule has 0 spiro atoms. The number of fused-ring (bicyclic) bond motifs is 1. The van der Waals surface area contributed by atoms with Crippen LogP contribution in [0.25, 0.3) is 10.8 Å². The van der Waals surface area contributed by atoms with Gasteiger partial charge in [0.05, 0.1) is 5.56 Å². The number of nitrogens with one attached hydrogen (secondary N) is 1. The molecule has 0 aliphatic heterocycles. The zero-order chi connectivity index (χ0) is 14.8. The van der Waals surface area contributed by atoms with Gasteiger partial charge in [-0.05, 0) is 45.6 Å². The van der Waals surface area contributed by atoms with Gasteiger partial charge in [0.15, 0.2) is 0 Å². The fourth-order valence-electron chi connectivity index (χ4n) is 2.20. The first-order valence-electron chi connectivity index (χ1n) is 6.39. The third kappa shape index (κ3) is 2.81. The summed E-state index contributed by atoms with van der Waals surface area (Å²) in [4.78, 5) is 12.3. The van der Waals surface area contributed by atoms with Crippen LogP contribution < -0.4 is 5.32 Å². The van der Waals surface area contributed by atoms with Crippen molar-refractivity contribution in [1.29, 1.82) is 0 Å². The van der Waals surface area contributed by atoms with Crippen molar-refractivity contribution in [1.82, 2.24) is 0 Å². The summed E-state index contributed by atoms with van der Waals surface area (Å²) in [7, 11) is 0. The van der Waals surface area contributed by atoms with Crippen LogP contribution in [-0.4, -0.2) is 5.91 Å². The van der Waals surface area contributed by atoms with Crippen LogP contribution in [-0.2, 0) is 0 Å². The lowest BCUT2D eigenvalue weighted by atomic mass is 10.1. The van der Waals surface area contributed by atoms with Gasteiger partial charge in [-0.3, -0.25) is 4.79 Å². The molecule has 0 fully saturated rings. The van der Waals surface area contributed by atoms with Gasteiger partial charge in [0.1, 0.15) is 5.82 Å². The molecule has 0 unspecified atom stereocenters. The van der Waals surface area contributed by atoms with E-state index in [9.17, 15) is 9.18 Å². The van der Waals surface area contributed by atoms with E-state index >= 15 is 0 Å². The summed E-state index contributed by atoms with van der Waals surface area (Å²) >= 11 is 3.27. The number of benzene rings is 3. The van der Waals surface area contributed by atoms with Crippen molar-refractivity contribution in [2.45, 2.75) is 0 Å².